The van der Waals surface area contributed by atoms with Gasteiger partial charge in [0.05, 0.1) is 5.69 Å². The molecule has 0 radical (unpaired) electrons. The number of benzene rings is 2. The Balaban J connectivity index is 1.93. The maximum atomic E-state index is 12.9. The maximum Gasteiger partial charge on any atom is 0.259 e. The minimum atomic E-state index is -0.364. The van der Waals surface area contributed by atoms with E-state index in [2.05, 4.69) is 10.6 Å². The Kier molecular flexibility index (Phi) is 4.97. The van der Waals surface area contributed by atoms with Crippen molar-refractivity contribution in [3.63, 3.8) is 0 Å². The Labute approximate surface area is 150 Å². The van der Waals surface area contributed by atoms with Crippen molar-refractivity contribution in [3.05, 3.63) is 41.5 Å². The second-order valence-electron chi connectivity index (χ2n) is 6.22. The van der Waals surface area contributed by atoms with E-state index in [9.17, 15) is 19.2 Å². The summed E-state index contributed by atoms with van der Waals surface area (Å²) in [5.41, 5.74) is 2.36. The van der Waals surface area contributed by atoms with E-state index in [0.29, 0.717) is 31.3 Å². The summed E-state index contributed by atoms with van der Waals surface area (Å²) in [5, 5.41) is 6.56. The zero-order valence-electron chi connectivity index (χ0n) is 14.3. The molecule has 0 bridgehead atoms. The highest BCUT2D eigenvalue weighted by Crippen LogP contribution is 2.40. The van der Waals surface area contributed by atoms with Gasteiger partial charge in [0.1, 0.15) is 0 Å². The molecule has 0 spiro atoms. The number of amides is 4. The van der Waals surface area contributed by atoms with Crippen LogP contribution >= 0.6 is 0 Å². The van der Waals surface area contributed by atoms with Gasteiger partial charge in [0.15, 0.2) is 0 Å². The summed E-state index contributed by atoms with van der Waals surface area (Å²) >= 11 is 0. The molecule has 4 amide bonds. The number of carbonyl (C=O) groups is 4. The average molecular weight is 353 g/mol. The zero-order chi connectivity index (χ0) is 18.7. The predicted octanol–water partition coefficient (Wildman–Crippen LogP) is 1.49. The topological polar surface area (TPSA) is 95.6 Å². The van der Waals surface area contributed by atoms with E-state index in [1.807, 2.05) is 31.2 Å². The van der Waals surface area contributed by atoms with Crippen molar-refractivity contribution in [2.24, 2.45) is 0 Å². The van der Waals surface area contributed by atoms with E-state index in [0.717, 1.165) is 22.0 Å². The summed E-state index contributed by atoms with van der Waals surface area (Å²) in [6.45, 7) is 2.27. The van der Waals surface area contributed by atoms with E-state index in [1.165, 1.54) is 0 Å². The molecule has 0 aliphatic carbocycles. The SMILES string of the molecule is CC(CCC(=O)NC=O)N1C(=O)c2cccc3c(CNC=O)ccc1c23. The van der Waals surface area contributed by atoms with Crippen LogP contribution in [0.3, 0.4) is 0 Å². The van der Waals surface area contributed by atoms with Crippen LogP contribution in [0.1, 0.15) is 35.7 Å². The van der Waals surface area contributed by atoms with Gasteiger partial charge >= 0.3 is 0 Å². The van der Waals surface area contributed by atoms with Crippen LogP contribution in [0.2, 0.25) is 0 Å². The van der Waals surface area contributed by atoms with Crippen LogP contribution in [-0.4, -0.2) is 30.7 Å². The van der Waals surface area contributed by atoms with Crippen LogP contribution < -0.4 is 15.5 Å². The first-order valence-electron chi connectivity index (χ1n) is 8.36. The largest absolute Gasteiger partial charge is 0.355 e. The summed E-state index contributed by atoms with van der Waals surface area (Å²) in [5.74, 6) is -0.467. The molecule has 3 rings (SSSR count). The van der Waals surface area contributed by atoms with Gasteiger partial charge in [-0.2, -0.15) is 0 Å². The van der Waals surface area contributed by atoms with Crippen molar-refractivity contribution >= 4 is 41.1 Å². The van der Waals surface area contributed by atoms with Crippen molar-refractivity contribution in [2.45, 2.75) is 32.4 Å². The van der Waals surface area contributed by atoms with Crippen LogP contribution in [0.5, 0.6) is 0 Å². The molecule has 2 aromatic carbocycles. The van der Waals surface area contributed by atoms with Crippen LogP contribution in [-0.2, 0) is 20.9 Å². The molecule has 2 aromatic rings. The Bertz CT molecular complexity index is 894. The Hall–Kier alpha value is -3.22. The van der Waals surface area contributed by atoms with Crippen molar-refractivity contribution in [2.75, 3.05) is 4.90 Å². The molecular formula is C19H19N3O4. The van der Waals surface area contributed by atoms with E-state index >= 15 is 0 Å². The predicted molar refractivity (Wildman–Crippen MR) is 96.6 cm³/mol. The van der Waals surface area contributed by atoms with Gasteiger partial charge in [-0.1, -0.05) is 18.2 Å². The van der Waals surface area contributed by atoms with Gasteiger partial charge in [-0.25, -0.2) is 0 Å². The number of imide groups is 1. The van der Waals surface area contributed by atoms with Gasteiger partial charge in [0.25, 0.3) is 5.91 Å². The number of hydrogen-bond donors (Lipinski definition) is 2. The lowest BCUT2D eigenvalue weighted by atomic mass is 10.0. The minimum Gasteiger partial charge on any atom is -0.355 e. The molecule has 1 atom stereocenters. The standard InChI is InChI=1S/C19H19N3O4/c1-12(5-8-17(25)21-11-24)22-16-7-6-13(9-20-10-23)14-3-2-4-15(18(14)16)19(22)26/h2-4,6-7,10-12H,5,8-9H2,1H3,(H,20,23)(H,21,24,25). The molecule has 0 saturated carbocycles. The monoisotopic (exact) mass is 353 g/mol. The molecule has 0 saturated heterocycles. The smallest absolute Gasteiger partial charge is 0.259 e. The van der Waals surface area contributed by atoms with E-state index in [1.54, 1.807) is 11.0 Å². The second-order valence-corrected chi connectivity index (χ2v) is 6.22. The summed E-state index contributed by atoms with van der Waals surface area (Å²) in [4.78, 5) is 47.1. The molecule has 0 aromatic heterocycles. The van der Waals surface area contributed by atoms with Gasteiger partial charge in [-0.3, -0.25) is 24.5 Å². The van der Waals surface area contributed by atoms with Gasteiger partial charge in [0.2, 0.25) is 18.7 Å². The molecule has 0 fully saturated rings. The van der Waals surface area contributed by atoms with Crippen LogP contribution in [0.15, 0.2) is 30.3 Å². The molecular weight excluding hydrogens is 334 g/mol. The molecule has 134 valence electrons. The molecule has 2 N–H and O–H groups in total. The third-order valence-corrected chi connectivity index (χ3v) is 4.64. The lowest BCUT2D eigenvalue weighted by Gasteiger charge is -2.25. The number of anilines is 1. The van der Waals surface area contributed by atoms with Gasteiger partial charge < -0.3 is 10.2 Å². The number of nitrogens with zero attached hydrogens (tertiary/aromatic N) is 1. The highest BCUT2D eigenvalue weighted by Gasteiger charge is 2.33. The zero-order valence-corrected chi connectivity index (χ0v) is 14.3. The van der Waals surface area contributed by atoms with E-state index in [4.69, 9.17) is 0 Å². The third-order valence-electron chi connectivity index (χ3n) is 4.64. The van der Waals surface area contributed by atoms with Crippen LogP contribution in [0.25, 0.3) is 10.8 Å². The molecule has 7 nitrogen and oxygen atoms in total. The lowest BCUT2D eigenvalue weighted by Crippen LogP contribution is -2.36. The van der Waals surface area contributed by atoms with Crippen molar-refractivity contribution in [1.82, 2.24) is 10.6 Å². The molecule has 1 aliphatic rings. The molecule has 26 heavy (non-hydrogen) atoms. The summed E-state index contributed by atoms with van der Waals surface area (Å²) in [6.07, 6.45) is 1.60. The van der Waals surface area contributed by atoms with Crippen molar-refractivity contribution in [3.8, 4) is 0 Å². The lowest BCUT2D eigenvalue weighted by molar-refractivity contribution is -0.125. The normalized spacial score (nSPS) is 13.6. The van der Waals surface area contributed by atoms with Crippen molar-refractivity contribution in [1.29, 1.82) is 0 Å². The van der Waals surface area contributed by atoms with E-state index < -0.39 is 0 Å². The van der Waals surface area contributed by atoms with Gasteiger partial charge in [-0.15, -0.1) is 0 Å². The third kappa shape index (κ3) is 3.03. The maximum absolute atomic E-state index is 12.9. The molecule has 1 unspecified atom stereocenters. The van der Waals surface area contributed by atoms with Crippen molar-refractivity contribution < 1.29 is 19.2 Å². The quantitative estimate of drug-likeness (QED) is 0.703. The number of hydrogen-bond acceptors (Lipinski definition) is 4. The fourth-order valence-corrected chi connectivity index (χ4v) is 3.42. The second kappa shape index (κ2) is 7.35. The fourth-order valence-electron chi connectivity index (χ4n) is 3.42. The molecule has 1 heterocycles. The van der Waals surface area contributed by atoms with Crippen LogP contribution in [0.4, 0.5) is 5.69 Å². The first kappa shape index (κ1) is 17.6. The van der Waals surface area contributed by atoms with E-state index in [-0.39, 0.29) is 24.3 Å². The Morgan fingerprint density at radius 1 is 1.19 bits per heavy atom. The summed E-state index contributed by atoms with van der Waals surface area (Å²) < 4.78 is 0. The molecule has 1 aliphatic heterocycles. The first-order valence-corrected chi connectivity index (χ1v) is 8.36. The number of nitrogens with one attached hydrogen (secondary N) is 2. The highest BCUT2D eigenvalue weighted by molar-refractivity contribution is 6.25. The van der Waals surface area contributed by atoms with Gasteiger partial charge in [0, 0.05) is 30.0 Å². The summed E-state index contributed by atoms with van der Waals surface area (Å²) in [7, 11) is 0. The molecule has 7 heteroatoms. The number of carbonyl (C=O) groups excluding carboxylic acids is 4. The summed E-state index contributed by atoms with van der Waals surface area (Å²) in [6, 6.07) is 9.13. The Morgan fingerprint density at radius 3 is 2.73 bits per heavy atom. The van der Waals surface area contributed by atoms with Crippen LogP contribution in [0, 0.1) is 0 Å². The Morgan fingerprint density at radius 2 is 2.00 bits per heavy atom. The first-order chi connectivity index (χ1) is 12.6. The van der Waals surface area contributed by atoms with Gasteiger partial charge in [-0.05, 0) is 36.4 Å². The fraction of sp³-hybridized carbons (Fsp3) is 0.263. The highest BCUT2D eigenvalue weighted by atomic mass is 16.2. The number of rotatable bonds is 8. The minimum absolute atomic E-state index is 0.102. The average Bonchev–Trinajstić information content (AvgIpc) is 2.93.